The van der Waals surface area contributed by atoms with Crippen molar-refractivity contribution in [2.45, 2.75) is 50.6 Å². The highest BCUT2D eigenvalue weighted by Crippen LogP contribution is 2.31. The first-order valence-corrected chi connectivity index (χ1v) is 10.8. The SMILES string of the molecule is NC1(Cn2cc(C(=O)NCC3CCCCCC3)c3c(Br)cccc32)COC1. The third-order valence-electron chi connectivity index (χ3n) is 5.89. The molecule has 0 radical (unpaired) electrons. The number of nitrogens with zero attached hydrogens (tertiary/aromatic N) is 1. The molecule has 2 fully saturated rings. The van der Waals surface area contributed by atoms with Crippen LogP contribution in [0.15, 0.2) is 28.9 Å². The second-order valence-electron chi connectivity index (χ2n) is 8.23. The fourth-order valence-electron chi connectivity index (χ4n) is 4.31. The maximum atomic E-state index is 13.0. The molecule has 1 aromatic heterocycles. The van der Waals surface area contributed by atoms with Crippen molar-refractivity contribution in [3.63, 3.8) is 0 Å². The first-order valence-electron chi connectivity index (χ1n) is 9.98. The van der Waals surface area contributed by atoms with Gasteiger partial charge in [-0.15, -0.1) is 0 Å². The molecule has 1 amide bonds. The predicted molar refractivity (Wildman–Crippen MR) is 111 cm³/mol. The average molecular weight is 434 g/mol. The summed E-state index contributed by atoms with van der Waals surface area (Å²) in [5, 5.41) is 4.15. The number of aromatic nitrogens is 1. The number of amides is 1. The zero-order valence-electron chi connectivity index (χ0n) is 15.7. The molecule has 0 spiro atoms. The van der Waals surface area contributed by atoms with E-state index in [-0.39, 0.29) is 11.4 Å². The Morgan fingerprint density at radius 2 is 2.00 bits per heavy atom. The van der Waals surface area contributed by atoms with E-state index in [1.807, 2.05) is 24.4 Å². The van der Waals surface area contributed by atoms with E-state index in [0.717, 1.165) is 27.5 Å². The van der Waals surface area contributed by atoms with E-state index in [0.29, 0.717) is 25.7 Å². The third kappa shape index (κ3) is 4.08. The standard InChI is InChI=1S/C21H28BrN3O2/c22-17-8-5-9-18-19(17)16(11-25(18)12-21(23)13-27-14-21)20(26)24-10-15-6-3-1-2-4-7-15/h5,8-9,11,15H,1-4,6-7,10,12-14,23H2,(H,24,26). The number of benzene rings is 1. The molecule has 1 saturated carbocycles. The highest BCUT2D eigenvalue weighted by atomic mass is 79.9. The van der Waals surface area contributed by atoms with Gasteiger partial charge in [0.2, 0.25) is 0 Å². The highest BCUT2D eigenvalue weighted by molar-refractivity contribution is 9.10. The smallest absolute Gasteiger partial charge is 0.253 e. The molecule has 1 aliphatic heterocycles. The molecule has 0 atom stereocenters. The molecule has 1 aromatic carbocycles. The zero-order chi connectivity index (χ0) is 18.9. The van der Waals surface area contributed by atoms with Gasteiger partial charge in [0.15, 0.2) is 0 Å². The zero-order valence-corrected chi connectivity index (χ0v) is 17.3. The van der Waals surface area contributed by atoms with Crippen molar-refractivity contribution in [2.24, 2.45) is 11.7 Å². The van der Waals surface area contributed by atoms with Crippen LogP contribution < -0.4 is 11.1 Å². The van der Waals surface area contributed by atoms with Gasteiger partial charge < -0.3 is 20.4 Å². The Morgan fingerprint density at radius 1 is 1.26 bits per heavy atom. The molecule has 0 bridgehead atoms. The van der Waals surface area contributed by atoms with Crippen molar-refractivity contribution in [2.75, 3.05) is 19.8 Å². The Hall–Kier alpha value is -1.37. The monoisotopic (exact) mass is 433 g/mol. The first-order chi connectivity index (χ1) is 13.1. The van der Waals surface area contributed by atoms with E-state index in [4.69, 9.17) is 10.5 Å². The van der Waals surface area contributed by atoms with Crippen LogP contribution in [0.3, 0.4) is 0 Å². The Bertz CT molecular complexity index is 820. The van der Waals surface area contributed by atoms with E-state index in [2.05, 4.69) is 25.8 Å². The number of nitrogens with two attached hydrogens (primary N) is 1. The van der Waals surface area contributed by atoms with Gasteiger partial charge in [-0.1, -0.05) is 47.7 Å². The number of rotatable bonds is 5. The van der Waals surface area contributed by atoms with Gasteiger partial charge in [-0.05, 0) is 30.9 Å². The molecule has 2 heterocycles. The largest absolute Gasteiger partial charge is 0.377 e. The van der Waals surface area contributed by atoms with E-state index >= 15 is 0 Å². The van der Waals surface area contributed by atoms with Gasteiger partial charge in [0.05, 0.1) is 29.8 Å². The summed E-state index contributed by atoms with van der Waals surface area (Å²) < 4.78 is 8.33. The number of carbonyl (C=O) groups is 1. The summed E-state index contributed by atoms with van der Waals surface area (Å²) >= 11 is 3.63. The maximum absolute atomic E-state index is 13.0. The molecule has 1 aliphatic carbocycles. The topological polar surface area (TPSA) is 69.3 Å². The van der Waals surface area contributed by atoms with E-state index in [9.17, 15) is 4.79 Å². The number of hydrogen-bond donors (Lipinski definition) is 2. The summed E-state index contributed by atoms with van der Waals surface area (Å²) in [5.74, 6) is 0.610. The van der Waals surface area contributed by atoms with Gasteiger partial charge >= 0.3 is 0 Å². The summed E-state index contributed by atoms with van der Waals surface area (Å²) in [6.07, 6.45) is 9.62. The molecule has 1 saturated heterocycles. The molecule has 3 N–H and O–H groups in total. The number of hydrogen-bond acceptors (Lipinski definition) is 3. The quantitative estimate of drug-likeness (QED) is 0.703. The fraction of sp³-hybridized carbons (Fsp3) is 0.571. The first kappa shape index (κ1) is 19.0. The molecule has 27 heavy (non-hydrogen) atoms. The van der Waals surface area contributed by atoms with Crippen molar-refractivity contribution < 1.29 is 9.53 Å². The summed E-state index contributed by atoms with van der Waals surface area (Å²) in [6, 6.07) is 6.03. The van der Waals surface area contributed by atoms with Crippen molar-refractivity contribution >= 4 is 32.7 Å². The van der Waals surface area contributed by atoms with Gasteiger partial charge in [0.1, 0.15) is 0 Å². The van der Waals surface area contributed by atoms with Gasteiger partial charge in [-0.2, -0.15) is 0 Å². The Kier molecular flexibility index (Phi) is 5.58. The molecule has 5 nitrogen and oxygen atoms in total. The molecule has 6 heteroatoms. The number of nitrogens with one attached hydrogen (secondary N) is 1. The van der Waals surface area contributed by atoms with Crippen molar-refractivity contribution in [3.8, 4) is 0 Å². The van der Waals surface area contributed by atoms with E-state index in [1.165, 1.54) is 38.5 Å². The normalized spacial score (nSPS) is 20.2. The minimum atomic E-state index is -0.345. The van der Waals surface area contributed by atoms with Crippen LogP contribution in [-0.4, -0.2) is 35.8 Å². The van der Waals surface area contributed by atoms with Crippen LogP contribution in [-0.2, 0) is 11.3 Å². The Balaban J connectivity index is 1.55. The summed E-state index contributed by atoms with van der Waals surface area (Å²) in [4.78, 5) is 13.0. The summed E-state index contributed by atoms with van der Waals surface area (Å²) in [7, 11) is 0. The number of ether oxygens (including phenoxy) is 1. The van der Waals surface area contributed by atoms with E-state index < -0.39 is 0 Å². The molecule has 2 aromatic rings. The fourth-order valence-corrected chi connectivity index (χ4v) is 4.88. The molecule has 0 unspecified atom stereocenters. The lowest BCUT2D eigenvalue weighted by molar-refractivity contribution is -0.0607. The van der Waals surface area contributed by atoms with Crippen LogP contribution >= 0.6 is 15.9 Å². The molecular formula is C21H28BrN3O2. The van der Waals surface area contributed by atoms with Crippen LogP contribution in [0.25, 0.3) is 10.9 Å². The van der Waals surface area contributed by atoms with Crippen LogP contribution in [0.5, 0.6) is 0 Å². The lowest BCUT2D eigenvalue weighted by Crippen LogP contribution is -2.59. The number of carbonyl (C=O) groups excluding carboxylic acids is 1. The van der Waals surface area contributed by atoms with Crippen molar-refractivity contribution in [1.29, 1.82) is 0 Å². The molecule has 146 valence electrons. The minimum Gasteiger partial charge on any atom is -0.377 e. The summed E-state index contributed by atoms with van der Waals surface area (Å²) in [5.41, 5.74) is 7.76. The average Bonchev–Trinajstić information content (AvgIpc) is 2.81. The number of halogens is 1. The lowest BCUT2D eigenvalue weighted by Gasteiger charge is -2.38. The number of fused-ring (bicyclic) bond motifs is 1. The van der Waals surface area contributed by atoms with Gasteiger partial charge in [0, 0.05) is 29.1 Å². The lowest BCUT2D eigenvalue weighted by atomic mass is 9.99. The van der Waals surface area contributed by atoms with E-state index in [1.54, 1.807) is 0 Å². The van der Waals surface area contributed by atoms with Crippen molar-refractivity contribution in [3.05, 3.63) is 34.4 Å². The van der Waals surface area contributed by atoms with Gasteiger partial charge in [-0.25, -0.2) is 0 Å². The molecule has 4 rings (SSSR count). The van der Waals surface area contributed by atoms with Gasteiger partial charge in [-0.3, -0.25) is 4.79 Å². The molecule has 2 aliphatic rings. The van der Waals surface area contributed by atoms with Crippen LogP contribution in [0.1, 0.15) is 48.9 Å². The Morgan fingerprint density at radius 3 is 2.67 bits per heavy atom. The second kappa shape index (κ2) is 7.94. The van der Waals surface area contributed by atoms with Gasteiger partial charge in [0.25, 0.3) is 5.91 Å². The van der Waals surface area contributed by atoms with Crippen LogP contribution in [0, 0.1) is 5.92 Å². The van der Waals surface area contributed by atoms with Crippen LogP contribution in [0.4, 0.5) is 0 Å². The Labute approximate surface area is 168 Å². The van der Waals surface area contributed by atoms with Crippen molar-refractivity contribution in [1.82, 2.24) is 9.88 Å². The molecular weight excluding hydrogens is 406 g/mol. The second-order valence-corrected chi connectivity index (χ2v) is 9.08. The summed E-state index contributed by atoms with van der Waals surface area (Å²) in [6.45, 7) is 2.54. The predicted octanol–water partition coefficient (Wildman–Crippen LogP) is 3.83. The third-order valence-corrected chi connectivity index (χ3v) is 6.55. The highest BCUT2D eigenvalue weighted by Gasteiger charge is 2.35. The minimum absolute atomic E-state index is 0.00540. The van der Waals surface area contributed by atoms with Crippen LogP contribution in [0.2, 0.25) is 0 Å². The maximum Gasteiger partial charge on any atom is 0.253 e.